The summed E-state index contributed by atoms with van der Waals surface area (Å²) in [7, 11) is 0. The summed E-state index contributed by atoms with van der Waals surface area (Å²) in [5.41, 5.74) is 0.940. The van der Waals surface area contributed by atoms with Gasteiger partial charge in [-0.05, 0) is 29.8 Å². The molecule has 0 radical (unpaired) electrons. The van der Waals surface area contributed by atoms with Crippen molar-refractivity contribution >= 4 is 31.9 Å². The van der Waals surface area contributed by atoms with Gasteiger partial charge in [0.15, 0.2) is 0 Å². The first-order valence-corrected chi connectivity index (χ1v) is 7.13. The molecule has 1 nitrogen and oxygen atoms in total. The smallest absolute Gasteiger partial charge is 0.130 e. The van der Waals surface area contributed by atoms with Crippen molar-refractivity contribution in [1.29, 1.82) is 0 Å². The van der Waals surface area contributed by atoms with Gasteiger partial charge in [0.05, 0.1) is 6.10 Å². The maximum absolute atomic E-state index is 13.7. The first-order chi connectivity index (χ1) is 8.97. The minimum atomic E-state index is -0.977. The Labute approximate surface area is 126 Å². The second-order valence-electron chi connectivity index (χ2n) is 4.12. The monoisotopic (exact) mass is 390 g/mol. The quantitative estimate of drug-likeness (QED) is 0.799. The summed E-state index contributed by atoms with van der Waals surface area (Å²) >= 11 is 6.39. The molecule has 0 aromatic heterocycles. The summed E-state index contributed by atoms with van der Waals surface area (Å²) in [5, 5.41) is 10.1. The molecule has 1 N–H and O–H groups in total. The van der Waals surface area contributed by atoms with E-state index >= 15 is 0 Å². The molecule has 0 spiro atoms. The molecular formula is C14H10Br2F2O. The van der Waals surface area contributed by atoms with E-state index in [9.17, 15) is 13.9 Å². The zero-order chi connectivity index (χ0) is 14.0. The topological polar surface area (TPSA) is 20.2 Å². The van der Waals surface area contributed by atoms with Crippen LogP contribution >= 0.6 is 31.9 Å². The zero-order valence-corrected chi connectivity index (χ0v) is 12.9. The van der Waals surface area contributed by atoms with Crippen molar-refractivity contribution in [3.63, 3.8) is 0 Å². The van der Waals surface area contributed by atoms with Gasteiger partial charge in [0.25, 0.3) is 0 Å². The number of aliphatic hydroxyl groups excluding tert-OH is 1. The van der Waals surface area contributed by atoms with Gasteiger partial charge in [-0.2, -0.15) is 0 Å². The number of rotatable bonds is 3. The van der Waals surface area contributed by atoms with E-state index in [4.69, 9.17) is 0 Å². The molecule has 19 heavy (non-hydrogen) atoms. The number of hydrogen-bond donors (Lipinski definition) is 1. The van der Waals surface area contributed by atoms with E-state index in [0.29, 0.717) is 8.95 Å². The van der Waals surface area contributed by atoms with Crippen LogP contribution < -0.4 is 0 Å². The van der Waals surface area contributed by atoms with Crippen LogP contribution in [0.1, 0.15) is 17.2 Å². The van der Waals surface area contributed by atoms with Gasteiger partial charge in [0.1, 0.15) is 11.6 Å². The molecule has 0 amide bonds. The third-order valence-electron chi connectivity index (χ3n) is 2.75. The van der Waals surface area contributed by atoms with Gasteiger partial charge < -0.3 is 5.11 Å². The minimum Gasteiger partial charge on any atom is -0.388 e. The van der Waals surface area contributed by atoms with Crippen LogP contribution in [0.3, 0.4) is 0 Å². The van der Waals surface area contributed by atoms with E-state index in [0.717, 1.165) is 5.56 Å². The van der Waals surface area contributed by atoms with Crippen molar-refractivity contribution in [3.05, 3.63) is 68.1 Å². The van der Waals surface area contributed by atoms with E-state index in [1.54, 1.807) is 12.1 Å². The lowest BCUT2D eigenvalue weighted by molar-refractivity contribution is 0.173. The molecule has 100 valence electrons. The Hall–Kier alpha value is -0.780. The van der Waals surface area contributed by atoms with Crippen molar-refractivity contribution in [1.82, 2.24) is 0 Å². The lowest BCUT2D eigenvalue weighted by Crippen LogP contribution is -2.05. The Morgan fingerprint density at radius 1 is 1.05 bits per heavy atom. The van der Waals surface area contributed by atoms with E-state index in [1.165, 1.54) is 24.3 Å². The van der Waals surface area contributed by atoms with Gasteiger partial charge in [-0.3, -0.25) is 0 Å². The maximum atomic E-state index is 13.7. The molecule has 0 saturated carbocycles. The summed E-state index contributed by atoms with van der Waals surface area (Å²) in [5.74, 6) is -0.833. The predicted octanol–water partition coefficient (Wildman–Crippen LogP) is 4.77. The van der Waals surface area contributed by atoms with Crippen LogP contribution in [0.15, 0.2) is 45.3 Å². The first-order valence-electron chi connectivity index (χ1n) is 5.54. The number of aliphatic hydroxyl groups is 1. The molecule has 0 aliphatic heterocycles. The highest BCUT2D eigenvalue weighted by Gasteiger charge is 2.15. The first kappa shape index (κ1) is 14.6. The van der Waals surface area contributed by atoms with E-state index in [1.807, 2.05) is 0 Å². The molecule has 0 saturated heterocycles. The zero-order valence-electron chi connectivity index (χ0n) is 9.71. The van der Waals surface area contributed by atoms with Gasteiger partial charge in [-0.15, -0.1) is 0 Å². The van der Waals surface area contributed by atoms with Crippen molar-refractivity contribution in [2.75, 3.05) is 0 Å². The Morgan fingerprint density at radius 2 is 1.79 bits per heavy atom. The Bertz CT molecular complexity index is 602. The third-order valence-corrected chi connectivity index (χ3v) is 3.98. The van der Waals surface area contributed by atoms with E-state index < -0.39 is 11.9 Å². The second-order valence-corrected chi connectivity index (χ2v) is 5.89. The second kappa shape index (κ2) is 6.11. The maximum Gasteiger partial charge on any atom is 0.130 e. The molecular weight excluding hydrogens is 382 g/mol. The standard InChI is InChI=1S/C14H10Br2F2O/c15-9-2-4-11(13(18)6-9)14(19)5-8-1-3-10(17)7-12(8)16/h1-4,6-7,14,19H,5H2. The highest BCUT2D eigenvalue weighted by Crippen LogP contribution is 2.27. The number of halogens is 4. The highest BCUT2D eigenvalue weighted by atomic mass is 79.9. The predicted molar refractivity (Wildman–Crippen MR) is 76.9 cm³/mol. The van der Waals surface area contributed by atoms with Crippen LogP contribution in [0, 0.1) is 11.6 Å². The third kappa shape index (κ3) is 3.61. The minimum absolute atomic E-state index is 0.208. The molecule has 0 aliphatic rings. The van der Waals surface area contributed by atoms with Gasteiger partial charge in [-0.25, -0.2) is 8.78 Å². The Kier molecular flexibility index (Phi) is 4.71. The normalized spacial score (nSPS) is 12.5. The molecule has 2 aromatic rings. The average molecular weight is 392 g/mol. The van der Waals surface area contributed by atoms with Crippen LogP contribution in [0.5, 0.6) is 0 Å². The SMILES string of the molecule is OC(Cc1ccc(F)cc1Br)c1ccc(Br)cc1F. The van der Waals surface area contributed by atoms with Crippen LogP contribution in [0.25, 0.3) is 0 Å². The van der Waals surface area contributed by atoms with Crippen molar-refractivity contribution in [3.8, 4) is 0 Å². The van der Waals surface area contributed by atoms with E-state index in [-0.39, 0.29) is 17.8 Å². The van der Waals surface area contributed by atoms with Crippen LogP contribution in [-0.4, -0.2) is 5.11 Å². The van der Waals surface area contributed by atoms with Crippen LogP contribution in [0.4, 0.5) is 8.78 Å². The Morgan fingerprint density at radius 3 is 2.42 bits per heavy atom. The molecule has 5 heteroatoms. The van der Waals surface area contributed by atoms with Gasteiger partial charge in [0.2, 0.25) is 0 Å². The molecule has 0 fully saturated rings. The largest absolute Gasteiger partial charge is 0.388 e. The van der Waals surface area contributed by atoms with Crippen molar-refractivity contribution < 1.29 is 13.9 Å². The highest BCUT2D eigenvalue weighted by molar-refractivity contribution is 9.10. The fourth-order valence-corrected chi connectivity index (χ4v) is 2.62. The molecule has 1 unspecified atom stereocenters. The summed E-state index contributed by atoms with van der Waals surface area (Å²) < 4.78 is 27.8. The summed E-state index contributed by atoms with van der Waals surface area (Å²) in [6, 6.07) is 8.70. The van der Waals surface area contributed by atoms with Crippen LogP contribution in [0.2, 0.25) is 0 Å². The molecule has 2 aromatic carbocycles. The average Bonchev–Trinajstić information content (AvgIpc) is 2.32. The molecule has 2 rings (SSSR count). The fraction of sp³-hybridized carbons (Fsp3) is 0.143. The summed E-state index contributed by atoms with van der Waals surface area (Å²) in [6.45, 7) is 0. The molecule has 0 bridgehead atoms. The molecule has 1 atom stereocenters. The lowest BCUT2D eigenvalue weighted by atomic mass is 10.0. The lowest BCUT2D eigenvalue weighted by Gasteiger charge is -2.13. The molecule has 0 aliphatic carbocycles. The summed E-state index contributed by atoms with van der Waals surface area (Å²) in [6.07, 6.45) is -0.769. The summed E-state index contributed by atoms with van der Waals surface area (Å²) in [4.78, 5) is 0. The van der Waals surface area contributed by atoms with Gasteiger partial charge >= 0.3 is 0 Å². The van der Waals surface area contributed by atoms with Crippen LogP contribution in [-0.2, 0) is 6.42 Å². The fourth-order valence-electron chi connectivity index (χ4n) is 1.78. The Balaban J connectivity index is 2.23. The van der Waals surface area contributed by atoms with Crippen molar-refractivity contribution in [2.45, 2.75) is 12.5 Å². The van der Waals surface area contributed by atoms with Gasteiger partial charge in [-0.1, -0.05) is 44.0 Å². The number of benzene rings is 2. The van der Waals surface area contributed by atoms with Crippen molar-refractivity contribution in [2.24, 2.45) is 0 Å². The van der Waals surface area contributed by atoms with Gasteiger partial charge in [0, 0.05) is 20.9 Å². The number of hydrogen-bond acceptors (Lipinski definition) is 1. The molecule has 0 heterocycles. The van der Waals surface area contributed by atoms with E-state index in [2.05, 4.69) is 31.9 Å².